The molecule has 1 aliphatic carbocycles. The maximum atomic E-state index is 10.8. The maximum Gasteiger partial charge on any atom is 0.238 e. The Morgan fingerprint density at radius 3 is 2.36 bits per heavy atom. The van der Waals surface area contributed by atoms with Crippen molar-refractivity contribution in [1.82, 2.24) is 4.31 Å². The number of rotatable bonds is 1. The van der Waals surface area contributed by atoms with E-state index < -0.39 is 10.0 Å². The van der Waals surface area contributed by atoms with Crippen LogP contribution in [0, 0.1) is 17.9 Å². The lowest BCUT2D eigenvalue weighted by molar-refractivity contribution is 0.553. The molecule has 0 N–H and O–H groups in total. The molecule has 0 heterocycles. The topological polar surface area (TPSA) is 37.4 Å². The molecule has 0 aromatic heterocycles. The third-order valence-corrected chi connectivity index (χ3v) is 2.59. The van der Waals surface area contributed by atoms with Gasteiger partial charge in [-0.05, 0) is 12.8 Å². The van der Waals surface area contributed by atoms with Crippen LogP contribution >= 0.6 is 0 Å². The van der Waals surface area contributed by atoms with Crippen LogP contribution in [0.2, 0.25) is 0 Å². The molecule has 0 saturated heterocycles. The van der Waals surface area contributed by atoms with Crippen molar-refractivity contribution in [3.8, 4) is 12.0 Å². The molecule has 3 nitrogen and oxygen atoms in total. The van der Waals surface area contributed by atoms with Gasteiger partial charge in [-0.15, -0.1) is 0 Å². The molecule has 1 fully saturated rings. The molecule has 0 bridgehead atoms. The lowest BCUT2D eigenvalue weighted by atomic mass is 10.5. The fourth-order valence-electron chi connectivity index (χ4n) is 0.493. The molecule has 11 heavy (non-hydrogen) atoms. The molecule has 1 rings (SSSR count). The van der Waals surface area contributed by atoms with Gasteiger partial charge in [0, 0.05) is 19.0 Å². The molecule has 0 aromatic rings. The van der Waals surface area contributed by atoms with E-state index in [0.29, 0.717) is 5.92 Å². The van der Waals surface area contributed by atoms with E-state index in [2.05, 4.69) is 12.0 Å². The standard InChI is InChI=1S/C7H11NO2S/c1-8(11(2,9)10)6-5-7-3-4-7/h7H,3-4H2,1-2H3. The molecule has 0 radical (unpaired) electrons. The second kappa shape index (κ2) is 2.74. The van der Waals surface area contributed by atoms with Crippen LogP contribution in [0.15, 0.2) is 0 Å². The van der Waals surface area contributed by atoms with Gasteiger partial charge >= 0.3 is 0 Å². The molecule has 1 saturated carbocycles. The second-order valence-corrected chi connectivity index (χ2v) is 4.77. The zero-order valence-electron chi connectivity index (χ0n) is 6.66. The van der Waals surface area contributed by atoms with Crippen LogP contribution in [-0.4, -0.2) is 26.0 Å². The molecule has 1 aliphatic rings. The van der Waals surface area contributed by atoms with Crippen LogP contribution in [-0.2, 0) is 10.0 Å². The molecule has 4 heteroatoms. The van der Waals surface area contributed by atoms with E-state index >= 15 is 0 Å². The molecule has 0 spiro atoms. The predicted octanol–water partition coefficient (Wildman–Crippen LogP) is 0.249. The summed E-state index contributed by atoms with van der Waals surface area (Å²) in [7, 11) is -1.65. The van der Waals surface area contributed by atoms with Gasteiger partial charge in [-0.1, -0.05) is 5.92 Å². The minimum atomic E-state index is -3.11. The first-order chi connectivity index (χ1) is 5.00. The highest BCUT2D eigenvalue weighted by Gasteiger charge is 2.18. The first-order valence-electron chi connectivity index (χ1n) is 3.45. The van der Waals surface area contributed by atoms with Crippen molar-refractivity contribution in [2.24, 2.45) is 5.92 Å². The van der Waals surface area contributed by atoms with Crippen LogP contribution < -0.4 is 0 Å². The Kier molecular flexibility index (Phi) is 2.10. The third-order valence-electron chi connectivity index (χ3n) is 1.50. The van der Waals surface area contributed by atoms with E-state index in [4.69, 9.17) is 0 Å². The first kappa shape index (κ1) is 8.41. The molecule has 0 aromatic carbocycles. The Morgan fingerprint density at radius 1 is 1.45 bits per heavy atom. The summed E-state index contributed by atoms with van der Waals surface area (Å²) in [4.78, 5) is 0. The highest BCUT2D eigenvalue weighted by atomic mass is 32.2. The Morgan fingerprint density at radius 2 is 2.00 bits per heavy atom. The molecule has 0 amide bonds. The molecule has 62 valence electrons. The smallest absolute Gasteiger partial charge is 0.232 e. The highest BCUT2D eigenvalue weighted by Crippen LogP contribution is 2.27. The average Bonchev–Trinajstić information content (AvgIpc) is 2.62. The molecule has 0 aliphatic heterocycles. The van der Waals surface area contributed by atoms with E-state index in [9.17, 15) is 8.42 Å². The summed E-state index contributed by atoms with van der Waals surface area (Å²) < 4.78 is 22.6. The fraction of sp³-hybridized carbons (Fsp3) is 0.714. The second-order valence-electron chi connectivity index (χ2n) is 2.76. The van der Waals surface area contributed by atoms with Gasteiger partial charge in [0.15, 0.2) is 0 Å². The molecular formula is C7H11NO2S. The van der Waals surface area contributed by atoms with Crippen LogP contribution in [0.25, 0.3) is 0 Å². The largest absolute Gasteiger partial charge is 0.238 e. The van der Waals surface area contributed by atoms with E-state index in [-0.39, 0.29) is 0 Å². The van der Waals surface area contributed by atoms with Crippen molar-refractivity contribution < 1.29 is 8.42 Å². The van der Waals surface area contributed by atoms with Gasteiger partial charge in [-0.3, -0.25) is 0 Å². The predicted molar refractivity (Wildman–Crippen MR) is 43.1 cm³/mol. The van der Waals surface area contributed by atoms with Gasteiger partial charge in [-0.25, -0.2) is 12.7 Å². The first-order valence-corrected chi connectivity index (χ1v) is 5.30. The zero-order chi connectivity index (χ0) is 8.48. The summed E-state index contributed by atoms with van der Waals surface area (Å²) in [6.07, 6.45) is 3.38. The van der Waals surface area contributed by atoms with Gasteiger partial charge in [0.25, 0.3) is 0 Å². The average molecular weight is 173 g/mol. The molecular weight excluding hydrogens is 162 g/mol. The Labute approximate surface area is 67.4 Å². The van der Waals surface area contributed by atoms with Crippen molar-refractivity contribution >= 4 is 10.0 Å². The summed E-state index contributed by atoms with van der Waals surface area (Å²) in [5.41, 5.74) is 0. The van der Waals surface area contributed by atoms with E-state index in [0.717, 1.165) is 23.4 Å². The summed E-state index contributed by atoms with van der Waals surface area (Å²) >= 11 is 0. The van der Waals surface area contributed by atoms with Crippen LogP contribution in [0.1, 0.15) is 12.8 Å². The Balaban J connectivity index is 2.56. The zero-order valence-corrected chi connectivity index (χ0v) is 7.48. The van der Waals surface area contributed by atoms with Crippen LogP contribution in [0.4, 0.5) is 0 Å². The third kappa shape index (κ3) is 2.81. The van der Waals surface area contributed by atoms with Crippen LogP contribution in [0.5, 0.6) is 0 Å². The number of hydrogen-bond donors (Lipinski definition) is 0. The maximum absolute atomic E-state index is 10.8. The normalized spacial score (nSPS) is 16.9. The van der Waals surface area contributed by atoms with Crippen LogP contribution in [0.3, 0.4) is 0 Å². The quantitative estimate of drug-likeness (QED) is 0.421. The van der Waals surface area contributed by atoms with E-state index in [1.807, 2.05) is 0 Å². The Hall–Kier alpha value is -0.690. The molecule has 0 atom stereocenters. The van der Waals surface area contributed by atoms with Crippen molar-refractivity contribution in [2.75, 3.05) is 13.3 Å². The highest BCUT2D eigenvalue weighted by molar-refractivity contribution is 7.88. The van der Waals surface area contributed by atoms with Crippen molar-refractivity contribution in [2.45, 2.75) is 12.8 Å². The number of nitrogens with zero attached hydrogens (tertiary/aromatic N) is 1. The summed E-state index contributed by atoms with van der Waals surface area (Å²) in [6.45, 7) is 0. The van der Waals surface area contributed by atoms with Gasteiger partial charge in [0.2, 0.25) is 10.0 Å². The van der Waals surface area contributed by atoms with Gasteiger partial charge in [0.1, 0.15) is 0 Å². The summed E-state index contributed by atoms with van der Waals surface area (Å²) in [6, 6.07) is 2.58. The van der Waals surface area contributed by atoms with Gasteiger partial charge in [0.05, 0.1) is 6.26 Å². The lowest BCUT2D eigenvalue weighted by Crippen LogP contribution is -2.19. The lowest BCUT2D eigenvalue weighted by Gasteiger charge is -2.05. The van der Waals surface area contributed by atoms with E-state index in [1.54, 1.807) is 0 Å². The minimum absolute atomic E-state index is 0.444. The summed E-state index contributed by atoms with van der Waals surface area (Å²) in [5.74, 6) is 3.30. The summed E-state index contributed by atoms with van der Waals surface area (Å²) in [5, 5.41) is 0. The van der Waals surface area contributed by atoms with Crippen molar-refractivity contribution in [3.63, 3.8) is 0 Å². The minimum Gasteiger partial charge on any atom is -0.232 e. The van der Waals surface area contributed by atoms with E-state index in [1.165, 1.54) is 7.05 Å². The SMILES string of the molecule is CN(C#CC1CC1)S(C)(=O)=O. The number of sulfonamides is 1. The fourth-order valence-corrected chi connectivity index (χ4v) is 0.711. The van der Waals surface area contributed by atoms with Gasteiger partial charge < -0.3 is 0 Å². The number of hydrogen-bond acceptors (Lipinski definition) is 2. The monoisotopic (exact) mass is 173 g/mol. The molecule has 0 unspecified atom stereocenters. The van der Waals surface area contributed by atoms with Crippen molar-refractivity contribution in [1.29, 1.82) is 0 Å². The van der Waals surface area contributed by atoms with Crippen molar-refractivity contribution in [3.05, 3.63) is 0 Å². The Bertz CT molecular complexity index is 292. The van der Waals surface area contributed by atoms with Gasteiger partial charge in [-0.2, -0.15) is 0 Å².